The highest BCUT2D eigenvalue weighted by molar-refractivity contribution is 6.06. The highest BCUT2D eigenvalue weighted by atomic mass is 19.1. The van der Waals surface area contributed by atoms with E-state index < -0.39 is 11.4 Å². The molecule has 0 bridgehead atoms. The molecule has 0 radical (unpaired) electrons. The van der Waals surface area contributed by atoms with Crippen LogP contribution in [0.3, 0.4) is 0 Å². The van der Waals surface area contributed by atoms with E-state index in [1.165, 1.54) is 24.7 Å². The van der Waals surface area contributed by atoms with Crippen LogP contribution in [-0.4, -0.2) is 25.1 Å². The summed E-state index contributed by atoms with van der Waals surface area (Å²) in [4.78, 5) is 24.0. The molecule has 0 saturated carbocycles. The lowest BCUT2D eigenvalue weighted by molar-refractivity contribution is 0.572. The molecule has 4 aromatic heterocycles. The van der Waals surface area contributed by atoms with Crippen molar-refractivity contribution in [2.75, 3.05) is 5.73 Å². The minimum Gasteiger partial charge on any atom is -0.443 e. The highest BCUT2D eigenvalue weighted by Crippen LogP contribution is 2.36. The lowest BCUT2D eigenvalue weighted by atomic mass is 9.98. The van der Waals surface area contributed by atoms with E-state index in [4.69, 9.17) is 10.2 Å². The van der Waals surface area contributed by atoms with Gasteiger partial charge in [0, 0.05) is 10.9 Å². The summed E-state index contributed by atoms with van der Waals surface area (Å²) in [6.07, 6.45) is 4.47. The van der Waals surface area contributed by atoms with Crippen molar-refractivity contribution in [1.82, 2.24) is 25.1 Å². The molecule has 28 heavy (non-hydrogen) atoms. The Kier molecular flexibility index (Phi) is 3.32. The number of rotatable bonds is 2. The number of halogens is 1. The topological polar surface area (TPSA) is 126 Å². The van der Waals surface area contributed by atoms with E-state index in [2.05, 4.69) is 25.1 Å². The number of hydrogen-bond acceptors (Lipinski definition) is 6. The fraction of sp³-hybridized carbons (Fsp3) is 0.0526. The van der Waals surface area contributed by atoms with Gasteiger partial charge in [0.15, 0.2) is 0 Å². The lowest BCUT2D eigenvalue weighted by Crippen LogP contribution is -2.14. The standard InChI is InChI=1S/C19H13FN6O2/c1-8-6-12-17(25-15(8)19-22-4-5-28-19)13(14(21)18(27)24-12)9-2-3-11(20)16-10(9)7-23-26-16/h2-7H,21H2,1H3,(H,23,26)(H,24,27). The van der Waals surface area contributed by atoms with Gasteiger partial charge in [-0.15, -0.1) is 0 Å². The molecule has 1 aromatic carbocycles. The lowest BCUT2D eigenvalue weighted by Gasteiger charge is -2.12. The fourth-order valence-corrected chi connectivity index (χ4v) is 3.38. The second kappa shape index (κ2) is 5.74. The van der Waals surface area contributed by atoms with E-state index in [-0.39, 0.29) is 11.2 Å². The van der Waals surface area contributed by atoms with Gasteiger partial charge in [0.05, 0.1) is 23.4 Å². The van der Waals surface area contributed by atoms with E-state index in [9.17, 15) is 9.18 Å². The summed E-state index contributed by atoms with van der Waals surface area (Å²) in [6.45, 7) is 1.84. The first kappa shape index (κ1) is 16.2. The maximum absolute atomic E-state index is 14.1. The van der Waals surface area contributed by atoms with E-state index in [0.717, 1.165) is 5.56 Å². The van der Waals surface area contributed by atoms with Crippen molar-refractivity contribution >= 4 is 27.6 Å². The Bertz CT molecular complexity index is 1420. The van der Waals surface area contributed by atoms with E-state index in [1.54, 1.807) is 12.1 Å². The Morgan fingerprint density at radius 1 is 1.29 bits per heavy atom. The molecule has 0 saturated heterocycles. The minimum absolute atomic E-state index is 0.0173. The summed E-state index contributed by atoms with van der Waals surface area (Å²) in [6, 6.07) is 4.64. The Hall–Kier alpha value is -4.01. The van der Waals surface area contributed by atoms with Gasteiger partial charge in [0.25, 0.3) is 5.56 Å². The van der Waals surface area contributed by atoms with E-state index in [0.29, 0.717) is 39.1 Å². The van der Waals surface area contributed by atoms with Gasteiger partial charge in [0.2, 0.25) is 5.89 Å². The van der Waals surface area contributed by atoms with Crippen molar-refractivity contribution in [2.24, 2.45) is 0 Å². The number of aryl methyl sites for hydroxylation is 1. The quantitative estimate of drug-likeness (QED) is 0.434. The summed E-state index contributed by atoms with van der Waals surface area (Å²) in [5, 5.41) is 7.04. The number of benzene rings is 1. The molecular weight excluding hydrogens is 363 g/mol. The average molecular weight is 376 g/mol. The molecule has 0 fully saturated rings. The van der Waals surface area contributed by atoms with Gasteiger partial charge in [0.1, 0.15) is 29.0 Å². The molecule has 0 aliphatic rings. The predicted octanol–water partition coefficient (Wildman–Crippen LogP) is 3.15. The first-order valence-corrected chi connectivity index (χ1v) is 8.39. The normalized spacial score (nSPS) is 11.5. The van der Waals surface area contributed by atoms with Gasteiger partial charge in [-0.25, -0.2) is 14.4 Å². The number of oxazole rings is 1. The molecule has 0 aliphatic heterocycles. The number of H-pyrrole nitrogens is 2. The number of nitrogens with one attached hydrogen (secondary N) is 2. The van der Waals surface area contributed by atoms with Crippen LogP contribution in [0, 0.1) is 12.7 Å². The summed E-state index contributed by atoms with van der Waals surface area (Å²) in [5.41, 5.74) is 9.10. The SMILES string of the molecule is Cc1cc2[nH]c(=O)c(N)c(-c3ccc(F)c4[nH]ncc34)c2nc1-c1ncco1. The first-order valence-electron chi connectivity index (χ1n) is 8.39. The number of anilines is 1. The molecule has 138 valence electrons. The van der Waals surface area contributed by atoms with Crippen LogP contribution in [-0.2, 0) is 0 Å². The number of aromatic amines is 2. The van der Waals surface area contributed by atoms with E-state index >= 15 is 0 Å². The molecule has 4 heterocycles. The number of pyridine rings is 2. The molecule has 5 rings (SSSR count). The number of hydrogen-bond donors (Lipinski definition) is 3. The van der Waals surface area contributed by atoms with Gasteiger partial charge in [-0.1, -0.05) is 6.07 Å². The van der Waals surface area contributed by atoms with Crippen molar-refractivity contribution in [2.45, 2.75) is 6.92 Å². The van der Waals surface area contributed by atoms with Crippen molar-refractivity contribution in [1.29, 1.82) is 0 Å². The summed E-state index contributed by atoms with van der Waals surface area (Å²) in [7, 11) is 0. The van der Waals surface area contributed by atoms with Crippen LogP contribution in [0.5, 0.6) is 0 Å². The van der Waals surface area contributed by atoms with Gasteiger partial charge in [-0.3, -0.25) is 9.89 Å². The van der Waals surface area contributed by atoms with E-state index in [1.807, 2.05) is 6.92 Å². The average Bonchev–Trinajstić information content (AvgIpc) is 3.36. The smallest absolute Gasteiger partial charge is 0.272 e. The highest BCUT2D eigenvalue weighted by Gasteiger charge is 2.20. The largest absolute Gasteiger partial charge is 0.443 e. The zero-order valence-electron chi connectivity index (χ0n) is 14.6. The predicted molar refractivity (Wildman–Crippen MR) is 102 cm³/mol. The third kappa shape index (κ3) is 2.22. The van der Waals surface area contributed by atoms with Crippen molar-refractivity contribution < 1.29 is 8.81 Å². The molecule has 0 atom stereocenters. The summed E-state index contributed by atoms with van der Waals surface area (Å²) < 4.78 is 19.5. The Morgan fingerprint density at radius 3 is 2.93 bits per heavy atom. The molecular formula is C19H13FN6O2. The zero-order chi connectivity index (χ0) is 19.4. The second-order valence-corrected chi connectivity index (χ2v) is 6.38. The summed E-state index contributed by atoms with van der Waals surface area (Å²) >= 11 is 0. The van der Waals surface area contributed by atoms with Crippen molar-refractivity contribution in [3.63, 3.8) is 0 Å². The fourth-order valence-electron chi connectivity index (χ4n) is 3.38. The Morgan fingerprint density at radius 2 is 2.14 bits per heavy atom. The maximum atomic E-state index is 14.1. The van der Waals surface area contributed by atoms with Crippen molar-refractivity contribution in [3.05, 3.63) is 58.6 Å². The van der Waals surface area contributed by atoms with Crippen LogP contribution in [0.1, 0.15) is 5.56 Å². The monoisotopic (exact) mass is 376 g/mol. The first-order chi connectivity index (χ1) is 13.5. The van der Waals surface area contributed by atoms with Gasteiger partial charge in [-0.2, -0.15) is 5.10 Å². The Balaban J connectivity index is 1.93. The number of aromatic nitrogens is 5. The molecule has 9 heteroatoms. The maximum Gasteiger partial charge on any atom is 0.272 e. The zero-order valence-corrected chi connectivity index (χ0v) is 14.6. The van der Waals surface area contributed by atoms with Crippen LogP contribution in [0.15, 0.2) is 46.1 Å². The third-order valence-electron chi connectivity index (χ3n) is 4.68. The van der Waals surface area contributed by atoms with Crippen LogP contribution < -0.4 is 11.3 Å². The van der Waals surface area contributed by atoms with Gasteiger partial charge >= 0.3 is 0 Å². The number of fused-ring (bicyclic) bond motifs is 2. The van der Waals surface area contributed by atoms with Crippen LogP contribution >= 0.6 is 0 Å². The molecule has 4 N–H and O–H groups in total. The van der Waals surface area contributed by atoms with Gasteiger partial charge < -0.3 is 15.1 Å². The second-order valence-electron chi connectivity index (χ2n) is 6.38. The van der Waals surface area contributed by atoms with Crippen LogP contribution in [0.4, 0.5) is 10.1 Å². The molecule has 5 aromatic rings. The Labute approximate surface area is 156 Å². The molecule has 8 nitrogen and oxygen atoms in total. The molecule has 0 amide bonds. The van der Waals surface area contributed by atoms with Crippen LogP contribution in [0.2, 0.25) is 0 Å². The van der Waals surface area contributed by atoms with Gasteiger partial charge in [-0.05, 0) is 30.2 Å². The molecule has 0 aliphatic carbocycles. The number of nitrogens with two attached hydrogens (primary N) is 1. The molecule has 0 unspecified atom stereocenters. The molecule has 0 spiro atoms. The van der Waals surface area contributed by atoms with Crippen LogP contribution in [0.25, 0.3) is 44.6 Å². The third-order valence-corrected chi connectivity index (χ3v) is 4.68. The number of nitrogen functional groups attached to an aromatic ring is 1. The number of nitrogens with zero attached hydrogens (tertiary/aromatic N) is 3. The minimum atomic E-state index is -0.451. The van der Waals surface area contributed by atoms with Crippen molar-refractivity contribution in [3.8, 4) is 22.7 Å². The summed E-state index contributed by atoms with van der Waals surface area (Å²) in [5.74, 6) is -0.101.